The molecule has 2 heterocycles. The van der Waals surface area contributed by atoms with Gasteiger partial charge < -0.3 is 24.3 Å². The van der Waals surface area contributed by atoms with Gasteiger partial charge in [-0.2, -0.15) is 4.98 Å². The highest BCUT2D eigenvalue weighted by molar-refractivity contribution is 5.89. The number of hydrogen-bond donors (Lipinski definition) is 1. The third-order valence-corrected chi connectivity index (χ3v) is 9.22. The van der Waals surface area contributed by atoms with Crippen LogP contribution in [0.3, 0.4) is 0 Å². The first kappa shape index (κ1) is 36.3. The molecule has 50 heavy (non-hydrogen) atoms. The Morgan fingerprint density at radius 2 is 1.62 bits per heavy atom. The van der Waals surface area contributed by atoms with E-state index in [1.165, 1.54) is 25.2 Å². The number of rotatable bonds is 12. The largest absolute Gasteiger partial charge is 0.497 e. The SMILES string of the molecule is COc1cc(OC)cc(N(C)C(=O)Oc2cc(-c3ccc(C)c(C)c3C)nc(Nc3ccc(OCCN4CCN(C(C)C)CC4)c(F)c3)n2)c1. The van der Waals surface area contributed by atoms with E-state index < -0.39 is 11.9 Å². The van der Waals surface area contributed by atoms with Crippen molar-refractivity contribution in [2.24, 2.45) is 0 Å². The molecule has 0 atom stereocenters. The van der Waals surface area contributed by atoms with Gasteiger partial charge in [-0.3, -0.25) is 14.7 Å². The molecule has 5 rings (SSSR count). The predicted molar refractivity (Wildman–Crippen MR) is 194 cm³/mol. The molecule has 4 aromatic rings. The Balaban J connectivity index is 1.34. The molecule has 1 aliphatic rings. The normalized spacial score (nSPS) is 13.6. The zero-order valence-electron chi connectivity index (χ0n) is 30.2. The summed E-state index contributed by atoms with van der Waals surface area (Å²) in [6, 6.07) is 15.9. The standard InChI is InChI=1S/C38H47FN6O5/c1-24(2)45-15-13-44(14-16-45)17-18-49-35-12-10-28(19-33(35)39)40-37-41-34(32-11-9-25(3)26(4)27(32)5)23-36(42-37)50-38(46)43(6)29-20-30(47-7)22-31(21-29)48-8/h9-12,19-24H,13-18H2,1-8H3,(H,40,41,42). The third-order valence-electron chi connectivity index (χ3n) is 9.22. The van der Waals surface area contributed by atoms with Crippen LogP contribution in [0.4, 0.5) is 26.5 Å². The summed E-state index contributed by atoms with van der Waals surface area (Å²) in [5.74, 6) is 0.831. The van der Waals surface area contributed by atoms with Gasteiger partial charge in [0.1, 0.15) is 18.1 Å². The summed E-state index contributed by atoms with van der Waals surface area (Å²) in [5.41, 5.74) is 5.58. The number of carbonyl (C=O) groups is 1. The minimum Gasteiger partial charge on any atom is -0.497 e. The Morgan fingerprint density at radius 3 is 2.26 bits per heavy atom. The van der Waals surface area contributed by atoms with Crippen LogP contribution in [0.1, 0.15) is 30.5 Å². The van der Waals surface area contributed by atoms with E-state index in [2.05, 4.69) is 33.9 Å². The molecule has 1 aromatic heterocycles. The van der Waals surface area contributed by atoms with E-state index in [1.807, 2.05) is 32.9 Å². The van der Waals surface area contributed by atoms with Crippen molar-refractivity contribution in [2.75, 3.05) is 70.8 Å². The van der Waals surface area contributed by atoms with Gasteiger partial charge in [0.2, 0.25) is 11.8 Å². The molecule has 12 heteroatoms. The fourth-order valence-corrected chi connectivity index (χ4v) is 5.77. The molecular formula is C38H47FN6O5. The maximum atomic E-state index is 15.2. The average Bonchev–Trinajstić information content (AvgIpc) is 3.11. The number of nitrogens with one attached hydrogen (secondary N) is 1. The van der Waals surface area contributed by atoms with Crippen molar-refractivity contribution in [2.45, 2.75) is 40.7 Å². The zero-order chi connectivity index (χ0) is 35.9. The molecule has 1 aliphatic heterocycles. The minimum atomic E-state index is -0.693. The number of ether oxygens (including phenoxy) is 4. The second-order valence-corrected chi connectivity index (χ2v) is 12.7. The van der Waals surface area contributed by atoms with E-state index >= 15 is 4.39 Å². The first-order valence-corrected chi connectivity index (χ1v) is 16.8. The van der Waals surface area contributed by atoms with Gasteiger partial charge in [0.15, 0.2) is 11.6 Å². The van der Waals surface area contributed by atoms with Crippen LogP contribution >= 0.6 is 0 Å². The molecule has 3 aromatic carbocycles. The van der Waals surface area contributed by atoms with E-state index in [0.29, 0.717) is 41.2 Å². The van der Waals surface area contributed by atoms with Crippen LogP contribution < -0.4 is 29.2 Å². The number of piperazine rings is 1. The van der Waals surface area contributed by atoms with Gasteiger partial charge >= 0.3 is 6.09 Å². The van der Waals surface area contributed by atoms with Crippen LogP contribution in [0.25, 0.3) is 11.3 Å². The molecule has 1 saturated heterocycles. The van der Waals surface area contributed by atoms with E-state index in [1.54, 1.807) is 43.4 Å². The van der Waals surface area contributed by atoms with Crippen LogP contribution in [0.2, 0.25) is 0 Å². The first-order valence-electron chi connectivity index (χ1n) is 16.8. The Morgan fingerprint density at radius 1 is 0.920 bits per heavy atom. The molecule has 1 fully saturated rings. The van der Waals surface area contributed by atoms with Gasteiger partial charge in [0, 0.05) is 87.4 Å². The number of halogens is 1. The Hall–Kier alpha value is -4.94. The summed E-state index contributed by atoms with van der Waals surface area (Å²) in [7, 11) is 4.64. The van der Waals surface area contributed by atoms with Gasteiger partial charge in [-0.15, -0.1) is 0 Å². The minimum absolute atomic E-state index is 0.0106. The molecule has 1 amide bonds. The Bertz CT molecular complexity index is 1790. The quantitative estimate of drug-likeness (QED) is 0.168. The molecule has 266 valence electrons. The van der Waals surface area contributed by atoms with Crippen molar-refractivity contribution in [3.05, 3.63) is 77.1 Å². The number of amides is 1. The van der Waals surface area contributed by atoms with E-state index in [0.717, 1.165) is 55.0 Å². The van der Waals surface area contributed by atoms with Gasteiger partial charge in [-0.05, 0) is 63.4 Å². The lowest BCUT2D eigenvalue weighted by molar-refractivity contribution is 0.0965. The Kier molecular flexibility index (Phi) is 11.8. The molecule has 0 radical (unpaired) electrons. The van der Waals surface area contributed by atoms with E-state index in [4.69, 9.17) is 23.9 Å². The third kappa shape index (κ3) is 8.80. The summed E-state index contributed by atoms with van der Waals surface area (Å²) in [6.07, 6.45) is -0.693. The highest BCUT2D eigenvalue weighted by Gasteiger charge is 2.21. The number of aryl methyl sites for hydroxylation is 1. The van der Waals surface area contributed by atoms with Gasteiger partial charge in [0.25, 0.3) is 0 Å². The van der Waals surface area contributed by atoms with Crippen LogP contribution in [-0.2, 0) is 0 Å². The number of aromatic nitrogens is 2. The number of nitrogens with zero attached hydrogens (tertiary/aromatic N) is 5. The van der Waals surface area contributed by atoms with Gasteiger partial charge in [-0.1, -0.05) is 12.1 Å². The summed E-state index contributed by atoms with van der Waals surface area (Å²) in [4.78, 5) is 28.7. The molecule has 11 nitrogen and oxygen atoms in total. The molecule has 0 unspecified atom stereocenters. The van der Waals surface area contributed by atoms with Crippen molar-refractivity contribution < 1.29 is 28.1 Å². The van der Waals surface area contributed by atoms with Crippen LogP contribution in [0, 0.1) is 26.6 Å². The maximum Gasteiger partial charge on any atom is 0.420 e. The first-order chi connectivity index (χ1) is 23.9. The van der Waals surface area contributed by atoms with E-state index in [9.17, 15) is 4.79 Å². The maximum absolute atomic E-state index is 15.2. The molecule has 0 bridgehead atoms. The molecule has 0 spiro atoms. The zero-order valence-corrected chi connectivity index (χ0v) is 30.2. The van der Waals surface area contributed by atoms with Crippen molar-refractivity contribution in [3.63, 3.8) is 0 Å². The van der Waals surface area contributed by atoms with Crippen LogP contribution in [0.5, 0.6) is 23.1 Å². The van der Waals surface area contributed by atoms with Crippen LogP contribution in [-0.4, -0.2) is 92.5 Å². The summed E-state index contributed by atoms with van der Waals surface area (Å²) in [6.45, 7) is 15.6. The molecule has 0 saturated carbocycles. The lowest BCUT2D eigenvalue weighted by atomic mass is 9.97. The van der Waals surface area contributed by atoms with Gasteiger partial charge in [0.05, 0.1) is 25.6 Å². The van der Waals surface area contributed by atoms with Crippen molar-refractivity contribution >= 4 is 23.4 Å². The summed E-state index contributed by atoms with van der Waals surface area (Å²) in [5, 5.41) is 3.08. The highest BCUT2D eigenvalue weighted by Crippen LogP contribution is 2.32. The lowest BCUT2D eigenvalue weighted by Crippen LogP contribution is -2.49. The topological polar surface area (TPSA) is 102 Å². The summed E-state index contributed by atoms with van der Waals surface area (Å²) >= 11 is 0. The smallest absolute Gasteiger partial charge is 0.420 e. The monoisotopic (exact) mass is 686 g/mol. The number of hydrogen-bond acceptors (Lipinski definition) is 10. The second-order valence-electron chi connectivity index (χ2n) is 12.7. The number of carbonyl (C=O) groups excluding carboxylic acids is 1. The lowest BCUT2D eigenvalue weighted by Gasteiger charge is -2.36. The molecular weight excluding hydrogens is 639 g/mol. The average molecular weight is 687 g/mol. The van der Waals surface area contributed by atoms with Crippen molar-refractivity contribution in [1.29, 1.82) is 0 Å². The van der Waals surface area contributed by atoms with Crippen molar-refractivity contribution in [1.82, 2.24) is 19.8 Å². The van der Waals surface area contributed by atoms with Crippen LogP contribution in [0.15, 0.2) is 54.6 Å². The highest BCUT2D eigenvalue weighted by atomic mass is 19.1. The molecule has 0 aliphatic carbocycles. The Labute approximate surface area is 293 Å². The van der Waals surface area contributed by atoms with E-state index in [-0.39, 0.29) is 17.6 Å². The number of methoxy groups -OCH3 is 2. The predicted octanol–water partition coefficient (Wildman–Crippen LogP) is 7.01. The van der Waals surface area contributed by atoms with Gasteiger partial charge in [-0.25, -0.2) is 14.2 Å². The van der Waals surface area contributed by atoms with Crippen molar-refractivity contribution in [3.8, 4) is 34.4 Å². The number of benzene rings is 3. The fraction of sp³-hybridized carbons (Fsp3) is 0.395. The fourth-order valence-electron chi connectivity index (χ4n) is 5.77. The molecule has 1 N–H and O–H groups in total. The second kappa shape index (κ2) is 16.2. The summed E-state index contributed by atoms with van der Waals surface area (Å²) < 4.78 is 37.5. The number of anilines is 3.